The van der Waals surface area contributed by atoms with Crippen molar-refractivity contribution >= 4 is 15.9 Å². The van der Waals surface area contributed by atoms with E-state index in [9.17, 15) is 4.39 Å². The molecule has 0 saturated carbocycles. The highest BCUT2D eigenvalue weighted by Gasteiger charge is 2.19. The normalized spacial score (nSPS) is 12.1. The van der Waals surface area contributed by atoms with Gasteiger partial charge in [0.1, 0.15) is 5.82 Å². The van der Waals surface area contributed by atoms with Gasteiger partial charge in [0.25, 0.3) is 0 Å². The van der Waals surface area contributed by atoms with Gasteiger partial charge in [-0.05, 0) is 17.7 Å². The van der Waals surface area contributed by atoms with E-state index >= 15 is 0 Å². The minimum absolute atomic E-state index is 0.341. The first-order valence-corrected chi connectivity index (χ1v) is 6.79. The smallest absolute Gasteiger partial charge is 0.163 e. The molecular formula is C15H15BrFNO2. The Morgan fingerprint density at radius 3 is 2.25 bits per heavy atom. The molecule has 0 fully saturated rings. The first kappa shape index (κ1) is 14.8. The second-order valence-electron chi connectivity index (χ2n) is 4.23. The number of nitrogens with two attached hydrogens (primary N) is 1. The Labute approximate surface area is 125 Å². The summed E-state index contributed by atoms with van der Waals surface area (Å²) in [7, 11) is 2.97. The van der Waals surface area contributed by atoms with Crippen molar-refractivity contribution in [2.24, 2.45) is 5.73 Å². The Morgan fingerprint density at radius 2 is 1.65 bits per heavy atom. The maximum absolute atomic E-state index is 14.2. The molecule has 0 aliphatic heterocycles. The van der Waals surface area contributed by atoms with Crippen molar-refractivity contribution in [2.75, 3.05) is 14.2 Å². The molecule has 0 saturated heterocycles. The van der Waals surface area contributed by atoms with Crippen LogP contribution in [0, 0.1) is 5.82 Å². The van der Waals surface area contributed by atoms with E-state index in [1.165, 1.54) is 20.3 Å². The van der Waals surface area contributed by atoms with Crippen molar-refractivity contribution in [1.82, 2.24) is 0 Å². The van der Waals surface area contributed by atoms with Crippen LogP contribution in [0.5, 0.6) is 11.5 Å². The van der Waals surface area contributed by atoms with Crippen LogP contribution in [0.25, 0.3) is 0 Å². The van der Waals surface area contributed by atoms with E-state index in [0.717, 1.165) is 10.0 Å². The molecule has 5 heteroatoms. The summed E-state index contributed by atoms with van der Waals surface area (Å²) in [5.41, 5.74) is 7.33. The number of rotatable bonds is 4. The fraction of sp³-hybridized carbons (Fsp3) is 0.200. The molecule has 2 aromatic rings. The molecule has 0 bridgehead atoms. The molecule has 0 aliphatic rings. The fourth-order valence-corrected chi connectivity index (χ4v) is 2.53. The predicted octanol–water partition coefficient (Wildman–Crippen LogP) is 3.65. The maximum Gasteiger partial charge on any atom is 0.163 e. The lowest BCUT2D eigenvalue weighted by Crippen LogP contribution is -2.14. The molecule has 1 atom stereocenters. The van der Waals surface area contributed by atoms with Crippen LogP contribution in [0.4, 0.5) is 4.39 Å². The molecule has 0 aliphatic carbocycles. The second-order valence-corrected chi connectivity index (χ2v) is 5.08. The third kappa shape index (κ3) is 2.78. The quantitative estimate of drug-likeness (QED) is 0.924. The lowest BCUT2D eigenvalue weighted by atomic mass is 9.98. The molecule has 3 nitrogen and oxygen atoms in total. The van der Waals surface area contributed by atoms with Crippen molar-refractivity contribution in [3.63, 3.8) is 0 Å². The van der Waals surface area contributed by atoms with E-state index in [1.807, 2.05) is 24.3 Å². The number of hydrogen-bond donors (Lipinski definition) is 1. The van der Waals surface area contributed by atoms with Gasteiger partial charge in [-0.25, -0.2) is 4.39 Å². The molecule has 0 radical (unpaired) electrons. The van der Waals surface area contributed by atoms with Crippen LogP contribution in [0.3, 0.4) is 0 Å². The number of ether oxygens (including phenoxy) is 2. The van der Waals surface area contributed by atoms with Crippen molar-refractivity contribution in [3.05, 3.63) is 57.8 Å². The molecule has 0 amide bonds. The van der Waals surface area contributed by atoms with E-state index in [4.69, 9.17) is 15.2 Å². The summed E-state index contributed by atoms with van der Waals surface area (Å²) in [5, 5.41) is 0. The van der Waals surface area contributed by atoms with Crippen LogP contribution in [-0.2, 0) is 0 Å². The highest BCUT2D eigenvalue weighted by molar-refractivity contribution is 9.10. The third-order valence-electron chi connectivity index (χ3n) is 3.08. The van der Waals surface area contributed by atoms with Gasteiger partial charge in [-0.2, -0.15) is 0 Å². The predicted molar refractivity (Wildman–Crippen MR) is 79.7 cm³/mol. The molecule has 106 valence electrons. The average Bonchev–Trinajstić information content (AvgIpc) is 2.46. The van der Waals surface area contributed by atoms with E-state index in [-0.39, 0.29) is 0 Å². The van der Waals surface area contributed by atoms with Gasteiger partial charge in [0, 0.05) is 16.1 Å². The Bertz CT molecular complexity index is 619. The first-order valence-electron chi connectivity index (χ1n) is 6.00. The Morgan fingerprint density at radius 1 is 1.05 bits per heavy atom. The van der Waals surface area contributed by atoms with Crippen LogP contribution < -0.4 is 15.2 Å². The summed E-state index contributed by atoms with van der Waals surface area (Å²) >= 11 is 3.42. The summed E-state index contributed by atoms with van der Waals surface area (Å²) in [6, 6.07) is 9.72. The van der Waals surface area contributed by atoms with Gasteiger partial charge in [0.15, 0.2) is 11.5 Å². The lowest BCUT2D eigenvalue weighted by molar-refractivity contribution is 0.351. The lowest BCUT2D eigenvalue weighted by Gasteiger charge is -2.17. The zero-order valence-corrected chi connectivity index (χ0v) is 12.8. The number of halogens is 2. The van der Waals surface area contributed by atoms with Crippen LogP contribution in [0.2, 0.25) is 0 Å². The Hall–Kier alpha value is -1.59. The van der Waals surface area contributed by atoms with Crippen LogP contribution in [0.15, 0.2) is 40.9 Å². The van der Waals surface area contributed by atoms with Gasteiger partial charge in [-0.3, -0.25) is 0 Å². The van der Waals surface area contributed by atoms with Crippen LogP contribution in [-0.4, -0.2) is 14.2 Å². The summed E-state index contributed by atoms with van der Waals surface area (Å²) in [4.78, 5) is 0. The minimum Gasteiger partial charge on any atom is -0.493 e. The number of hydrogen-bond acceptors (Lipinski definition) is 3. The van der Waals surface area contributed by atoms with Gasteiger partial charge in [0.05, 0.1) is 20.3 Å². The average molecular weight is 340 g/mol. The SMILES string of the molecule is COc1cc(F)c(C(N)c2ccccc2Br)cc1OC. The van der Waals surface area contributed by atoms with E-state index in [2.05, 4.69) is 15.9 Å². The molecule has 0 spiro atoms. The largest absolute Gasteiger partial charge is 0.493 e. The summed E-state index contributed by atoms with van der Waals surface area (Å²) < 4.78 is 25.3. The Balaban J connectivity index is 2.50. The molecule has 0 heterocycles. The molecule has 1 unspecified atom stereocenters. The van der Waals surface area contributed by atoms with Gasteiger partial charge < -0.3 is 15.2 Å². The third-order valence-corrected chi connectivity index (χ3v) is 3.80. The van der Waals surface area contributed by atoms with Gasteiger partial charge in [-0.15, -0.1) is 0 Å². The molecule has 2 N–H and O–H groups in total. The van der Waals surface area contributed by atoms with Crippen molar-refractivity contribution in [2.45, 2.75) is 6.04 Å². The summed E-state index contributed by atoms with van der Waals surface area (Å²) in [6.07, 6.45) is 0. The zero-order chi connectivity index (χ0) is 14.7. The first-order chi connectivity index (χ1) is 9.58. The van der Waals surface area contributed by atoms with Crippen molar-refractivity contribution in [1.29, 1.82) is 0 Å². The summed E-state index contributed by atoms with van der Waals surface area (Å²) in [5.74, 6) is 0.366. The minimum atomic E-state index is -0.592. The molecule has 2 aromatic carbocycles. The fourth-order valence-electron chi connectivity index (χ4n) is 2.00. The molecule has 0 aromatic heterocycles. The monoisotopic (exact) mass is 339 g/mol. The van der Waals surface area contributed by atoms with Gasteiger partial charge >= 0.3 is 0 Å². The number of benzene rings is 2. The highest BCUT2D eigenvalue weighted by Crippen LogP contribution is 2.35. The molecular weight excluding hydrogens is 325 g/mol. The van der Waals surface area contributed by atoms with Gasteiger partial charge in [-0.1, -0.05) is 34.1 Å². The standard InChI is InChI=1S/C15H15BrFNO2/c1-19-13-7-10(12(17)8-14(13)20-2)15(18)9-5-3-4-6-11(9)16/h3-8,15H,18H2,1-2H3. The molecule has 2 rings (SSSR count). The Kier molecular flexibility index (Phi) is 4.62. The van der Waals surface area contributed by atoms with Crippen molar-refractivity contribution in [3.8, 4) is 11.5 Å². The van der Waals surface area contributed by atoms with Crippen LogP contribution in [0.1, 0.15) is 17.2 Å². The zero-order valence-electron chi connectivity index (χ0n) is 11.2. The van der Waals surface area contributed by atoms with E-state index in [0.29, 0.717) is 17.1 Å². The second kappa shape index (κ2) is 6.24. The van der Waals surface area contributed by atoms with Crippen LogP contribution >= 0.6 is 15.9 Å². The van der Waals surface area contributed by atoms with E-state index < -0.39 is 11.9 Å². The van der Waals surface area contributed by atoms with Crippen molar-refractivity contribution < 1.29 is 13.9 Å². The summed E-state index contributed by atoms with van der Waals surface area (Å²) in [6.45, 7) is 0. The number of methoxy groups -OCH3 is 2. The topological polar surface area (TPSA) is 44.5 Å². The maximum atomic E-state index is 14.2. The molecule has 20 heavy (non-hydrogen) atoms. The van der Waals surface area contributed by atoms with Gasteiger partial charge in [0.2, 0.25) is 0 Å². The van der Waals surface area contributed by atoms with E-state index in [1.54, 1.807) is 6.07 Å². The highest BCUT2D eigenvalue weighted by atomic mass is 79.9.